The van der Waals surface area contributed by atoms with E-state index in [1.54, 1.807) is 39.2 Å². The van der Waals surface area contributed by atoms with Crippen LogP contribution in [-0.2, 0) is 14.8 Å². The molecular formula is C24H24N4O6S3. The molecular weight excluding hydrogens is 536 g/mol. The van der Waals surface area contributed by atoms with Gasteiger partial charge < -0.3 is 20.3 Å². The van der Waals surface area contributed by atoms with Crippen LogP contribution < -0.4 is 15.4 Å². The fourth-order valence-electron chi connectivity index (χ4n) is 3.17. The highest BCUT2D eigenvalue weighted by atomic mass is 32.2. The highest BCUT2D eigenvalue weighted by Crippen LogP contribution is 2.34. The number of thiocarbonyl (C=S) groups is 1. The van der Waals surface area contributed by atoms with Crippen molar-refractivity contribution in [3.63, 3.8) is 0 Å². The van der Waals surface area contributed by atoms with Gasteiger partial charge in [-0.15, -0.1) is 11.3 Å². The molecule has 3 aromatic rings. The summed E-state index contributed by atoms with van der Waals surface area (Å²) < 4.78 is 32.1. The maximum Gasteiger partial charge on any atom is 0.341 e. The van der Waals surface area contributed by atoms with Gasteiger partial charge in [-0.3, -0.25) is 9.59 Å². The molecule has 0 saturated heterocycles. The van der Waals surface area contributed by atoms with Crippen molar-refractivity contribution in [2.75, 3.05) is 31.8 Å². The first kappa shape index (κ1) is 27.8. The fourth-order valence-corrected chi connectivity index (χ4v) is 5.65. The van der Waals surface area contributed by atoms with Crippen LogP contribution in [0.2, 0.25) is 0 Å². The monoisotopic (exact) mass is 560 g/mol. The summed E-state index contributed by atoms with van der Waals surface area (Å²) in [6.45, 7) is 1.65. The number of thiophene rings is 1. The number of carbonyl (C=O) groups excluding carboxylic acids is 3. The standard InChI is InChI=1S/C24H24N4O6S3/c1-14-18(23(31)34-4)21(36-19(14)22(30)28(2)3)26-24(35)25-16-10-12-17(13-11-16)37(32,33)27-20(29)15-8-6-5-7-9-15/h5-13H,1-4H3,(H,27,29)(H2,25,26,35). The molecule has 194 valence electrons. The average molecular weight is 561 g/mol. The van der Waals surface area contributed by atoms with Crippen LogP contribution in [0.25, 0.3) is 0 Å². The number of sulfonamides is 1. The highest BCUT2D eigenvalue weighted by molar-refractivity contribution is 7.90. The lowest BCUT2D eigenvalue weighted by Gasteiger charge is -2.12. The third-order valence-electron chi connectivity index (χ3n) is 5.05. The molecule has 3 rings (SSSR count). The lowest BCUT2D eigenvalue weighted by atomic mass is 10.1. The van der Waals surface area contributed by atoms with Crippen molar-refractivity contribution in [1.29, 1.82) is 0 Å². The van der Waals surface area contributed by atoms with E-state index in [0.717, 1.165) is 11.3 Å². The second-order valence-corrected chi connectivity index (χ2v) is 11.0. The van der Waals surface area contributed by atoms with Gasteiger partial charge >= 0.3 is 5.97 Å². The number of hydrogen-bond acceptors (Lipinski definition) is 8. The van der Waals surface area contributed by atoms with Crippen molar-refractivity contribution in [3.05, 3.63) is 76.2 Å². The Bertz CT molecular complexity index is 1450. The largest absolute Gasteiger partial charge is 0.465 e. The molecule has 0 saturated carbocycles. The lowest BCUT2D eigenvalue weighted by Crippen LogP contribution is -2.30. The molecule has 1 aromatic heterocycles. The summed E-state index contributed by atoms with van der Waals surface area (Å²) in [5.74, 6) is -1.63. The molecule has 2 aromatic carbocycles. The maximum atomic E-state index is 12.6. The number of ether oxygens (including phenoxy) is 1. The Kier molecular flexibility index (Phi) is 8.63. The molecule has 0 aliphatic carbocycles. The number of benzene rings is 2. The maximum absolute atomic E-state index is 12.6. The number of anilines is 2. The lowest BCUT2D eigenvalue weighted by molar-refractivity contribution is 0.0601. The SMILES string of the molecule is COC(=O)c1c(NC(=S)Nc2ccc(S(=O)(=O)NC(=O)c3ccccc3)cc2)sc(C(=O)N(C)C)c1C. The van der Waals surface area contributed by atoms with E-state index in [1.807, 2.05) is 4.72 Å². The van der Waals surface area contributed by atoms with Crippen molar-refractivity contribution in [1.82, 2.24) is 9.62 Å². The number of hydrogen-bond donors (Lipinski definition) is 3. The molecule has 13 heteroatoms. The van der Waals surface area contributed by atoms with Gasteiger partial charge in [-0.2, -0.15) is 0 Å². The van der Waals surface area contributed by atoms with Gasteiger partial charge in [0.15, 0.2) is 5.11 Å². The molecule has 0 bridgehead atoms. The molecule has 0 aliphatic rings. The zero-order valence-electron chi connectivity index (χ0n) is 20.3. The van der Waals surface area contributed by atoms with E-state index in [9.17, 15) is 22.8 Å². The summed E-state index contributed by atoms with van der Waals surface area (Å²) in [6, 6.07) is 13.6. The first-order chi connectivity index (χ1) is 17.4. The van der Waals surface area contributed by atoms with Crippen LogP contribution in [-0.4, -0.2) is 57.4 Å². The zero-order chi connectivity index (χ0) is 27.3. The molecule has 37 heavy (non-hydrogen) atoms. The van der Waals surface area contributed by atoms with Crippen molar-refractivity contribution >= 4 is 67.2 Å². The third kappa shape index (κ3) is 6.50. The minimum atomic E-state index is -4.10. The van der Waals surface area contributed by atoms with Crippen molar-refractivity contribution in [2.24, 2.45) is 0 Å². The van der Waals surface area contributed by atoms with E-state index in [-0.39, 0.29) is 27.0 Å². The number of methoxy groups -OCH3 is 1. The van der Waals surface area contributed by atoms with Crippen LogP contribution in [0.1, 0.15) is 36.0 Å². The number of amides is 2. The predicted octanol–water partition coefficient (Wildman–Crippen LogP) is 3.47. The number of nitrogens with one attached hydrogen (secondary N) is 3. The van der Waals surface area contributed by atoms with Crippen LogP contribution in [0.5, 0.6) is 0 Å². The second-order valence-electron chi connectivity index (χ2n) is 7.86. The quantitative estimate of drug-likeness (QED) is 0.293. The van der Waals surface area contributed by atoms with Crippen LogP contribution in [0, 0.1) is 6.92 Å². The first-order valence-corrected chi connectivity index (χ1v) is 13.4. The summed E-state index contributed by atoms with van der Waals surface area (Å²) in [6.07, 6.45) is 0. The van der Waals surface area contributed by atoms with Gasteiger partial charge in [0.25, 0.3) is 21.8 Å². The number of nitrogens with zero attached hydrogens (tertiary/aromatic N) is 1. The molecule has 10 nitrogen and oxygen atoms in total. The van der Waals surface area contributed by atoms with E-state index in [1.165, 1.54) is 48.4 Å². The summed E-state index contributed by atoms with van der Waals surface area (Å²) in [5.41, 5.74) is 1.32. The van der Waals surface area contributed by atoms with E-state index >= 15 is 0 Å². The van der Waals surface area contributed by atoms with Gasteiger partial charge in [0.1, 0.15) is 5.00 Å². The summed E-state index contributed by atoms with van der Waals surface area (Å²) in [7, 11) is 0.356. The number of carbonyl (C=O) groups is 3. The highest BCUT2D eigenvalue weighted by Gasteiger charge is 2.26. The minimum absolute atomic E-state index is 0.100. The van der Waals surface area contributed by atoms with Gasteiger partial charge in [0.05, 0.1) is 22.4 Å². The van der Waals surface area contributed by atoms with Crippen molar-refractivity contribution < 1.29 is 27.5 Å². The normalized spacial score (nSPS) is 10.8. The molecule has 0 atom stereocenters. The number of rotatable bonds is 7. The van der Waals surface area contributed by atoms with Crippen LogP contribution in [0.3, 0.4) is 0 Å². The molecule has 0 aliphatic heterocycles. The Hall–Kier alpha value is -3.81. The molecule has 0 unspecified atom stereocenters. The molecule has 3 N–H and O–H groups in total. The Morgan fingerprint density at radius 2 is 1.59 bits per heavy atom. The van der Waals surface area contributed by atoms with Gasteiger partial charge in [-0.1, -0.05) is 18.2 Å². The smallest absolute Gasteiger partial charge is 0.341 e. The molecule has 0 fully saturated rings. The summed E-state index contributed by atoms with van der Waals surface area (Å²) in [5, 5.41) is 6.24. The fraction of sp³-hybridized carbons (Fsp3) is 0.167. The average Bonchev–Trinajstić information content (AvgIpc) is 3.18. The van der Waals surface area contributed by atoms with Crippen molar-refractivity contribution in [2.45, 2.75) is 11.8 Å². The molecule has 0 radical (unpaired) electrons. The summed E-state index contributed by atoms with van der Waals surface area (Å²) in [4.78, 5) is 38.8. The van der Waals surface area contributed by atoms with Gasteiger partial charge in [0.2, 0.25) is 0 Å². The topological polar surface area (TPSA) is 134 Å². The van der Waals surface area contributed by atoms with Crippen molar-refractivity contribution in [3.8, 4) is 0 Å². The van der Waals surface area contributed by atoms with Gasteiger partial charge in [0, 0.05) is 25.3 Å². The van der Waals surface area contributed by atoms with Crippen LogP contribution >= 0.6 is 23.6 Å². The number of esters is 1. The molecule has 0 spiro atoms. The van der Waals surface area contributed by atoms with Gasteiger partial charge in [-0.05, 0) is 61.1 Å². The predicted molar refractivity (Wildman–Crippen MR) is 146 cm³/mol. The van der Waals surface area contributed by atoms with Gasteiger partial charge in [-0.25, -0.2) is 17.9 Å². The van der Waals surface area contributed by atoms with Crippen LogP contribution in [0.15, 0.2) is 59.5 Å². The minimum Gasteiger partial charge on any atom is -0.465 e. The third-order valence-corrected chi connectivity index (χ3v) is 7.80. The van der Waals surface area contributed by atoms with Crippen LogP contribution in [0.4, 0.5) is 10.7 Å². The van der Waals surface area contributed by atoms with E-state index in [4.69, 9.17) is 17.0 Å². The van der Waals surface area contributed by atoms with E-state index < -0.39 is 21.9 Å². The molecule has 1 heterocycles. The summed E-state index contributed by atoms with van der Waals surface area (Å²) >= 11 is 6.41. The Labute approximate surface area is 223 Å². The molecule has 2 amide bonds. The Morgan fingerprint density at radius 1 is 0.973 bits per heavy atom. The Morgan fingerprint density at radius 3 is 2.16 bits per heavy atom. The second kappa shape index (κ2) is 11.5. The van der Waals surface area contributed by atoms with E-state index in [2.05, 4.69) is 10.6 Å². The Balaban J connectivity index is 1.74. The van der Waals surface area contributed by atoms with E-state index in [0.29, 0.717) is 21.1 Å². The first-order valence-electron chi connectivity index (χ1n) is 10.7. The zero-order valence-corrected chi connectivity index (χ0v) is 22.8.